The Kier molecular flexibility index (Phi) is 5.17. The number of halogens is 1. The molecular formula is C17H21FN2O. The molecule has 0 heterocycles. The number of anilines is 1. The first-order chi connectivity index (χ1) is 10.2. The molecule has 0 amide bonds. The molecule has 0 radical (unpaired) electrons. The Morgan fingerprint density at radius 1 is 1.14 bits per heavy atom. The van der Waals surface area contributed by atoms with E-state index in [4.69, 9.17) is 10.5 Å². The van der Waals surface area contributed by atoms with Crippen molar-refractivity contribution >= 4 is 5.69 Å². The zero-order valence-corrected chi connectivity index (χ0v) is 12.5. The van der Waals surface area contributed by atoms with Crippen LogP contribution in [-0.2, 0) is 13.1 Å². The summed E-state index contributed by atoms with van der Waals surface area (Å²) in [7, 11) is 1.48. The largest absolute Gasteiger partial charge is 0.494 e. The summed E-state index contributed by atoms with van der Waals surface area (Å²) < 4.78 is 19.3. The Morgan fingerprint density at radius 2 is 1.86 bits per heavy atom. The van der Waals surface area contributed by atoms with Crippen molar-refractivity contribution in [2.45, 2.75) is 20.0 Å². The van der Waals surface area contributed by atoms with Gasteiger partial charge in [0.2, 0.25) is 0 Å². The first-order valence-electron chi connectivity index (χ1n) is 7.05. The predicted molar refractivity (Wildman–Crippen MR) is 84.0 cm³/mol. The maximum absolute atomic E-state index is 14.2. The molecule has 0 saturated heterocycles. The lowest BCUT2D eigenvalue weighted by atomic mass is 10.1. The standard InChI is InChI=1S/C17H21FN2O/c1-3-20(15-9-7-13(11-19)8-10-15)12-14-5-4-6-16(21-2)17(14)18/h4-10H,3,11-12,19H2,1-2H3. The van der Waals surface area contributed by atoms with E-state index in [0.717, 1.165) is 17.8 Å². The van der Waals surface area contributed by atoms with Gasteiger partial charge in [0.15, 0.2) is 11.6 Å². The number of ether oxygens (including phenoxy) is 1. The van der Waals surface area contributed by atoms with E-state index in [-0.39, 0.29) is 11.6 Å². The summed E-state index contributed by atoms with van der Waals surface area (Å²) in [4.78, 5) is 2.11. The highest BCUT2D eigenvalue weighted by Crippen LogP contribution is 2.24. The van der Waals surface area contributed by atoms with Crippen molar-refractivity contribution in [1.82, 2.24) is 0 Å². The normalized spacial score (nSPS) is 10.5. The van der Waals surface area contributed by atoms with Gasteiger partial charge in [-0.2, -0.15) is 0 Å². The van der Waals surface area contributed by atoms with Crippen molar-refractivity contribution in [2.75, 3.05) is 18.6 Å². The maximum atomic E-state index is 14.2. The average Bonchev–Trinajstić information content (AvgIpc) is 2.54. The molecular weight excluding hydrogens is 267 g/mol. The summed E-state index contributed by atoms with van der Waals surface area (Å²) in [6.45, 7) is 3.87. The molecule has 4 heteroatoms. The van der Waals surface area contributed by atoms with Crippen LogP contribution in [0.5, 0.6) is 5.75 Å². The fourth-order valence-electron chi connectivity index (χ4n) is 2.27. The van der Waals surface area contributed by atoms with Gasteiger partial charge < -0.3 is 15.4 Å². The van der Waals surface area contributed by atoms with Gasteiger partial charge in [-0.3, -0.25) is 0 Å². The molecule has 0 aliphatic carbocycles. The molecule has 21 heavy (non-hydrogen) atoms. The molecule has 2 aromatic carbocycles. The van der Waals surface area contributed by atoms with Crippen molar-refractivity contribution in [1.29, 1.82) is 0 Å². The summed E-state index contributed by atoms with van der Waals surface area (Å²) in [5, 5.41) is 0. The van der Waals surface area contributed by atoms with Gasteiger partial charge in [0.1, 0.15) is 0 Å². The number of hydrogen-bond acceptors (Lipinski definition) is 3. The van der Waals surface area contributed by atoms with Crippen LogP contribution in [-0.4, -0.2) is 13.7 Å². The van der Waals surface area contributed by atoms with Crippen molar-refractivity contribution in [3.8, 4) is 5.75 Å². The van der Waals surface area contributed by atoms with E-state index in [2.05, 4.69) is 11.8 Å². The Morgan fingerprint density at radius 3 is 2.43 bits per heavy atom. The third-order valence-electron chi connectivity index (χ3n) is 3.54. The summed E-state index contributed by atoms with van der Waals surface area (Å²) in [6, 6.07) is 13.3. The monoisotopic (exact) mass is 288 g/mol. The number of nitrogens with zero attached hydrogens (tertiary/aromatic N) is 1. The van der Waals surface area contributed by atoms with Crippen molar-refractivity contribution in [2.24, 2.45) is 5.73 Å². The lowest BCUT2D eigenvalue weighted by Gasteiger charge is -2.24. The van der Waals surface area contributed by atoms with Gasteiger partial charge in [-0.1, -0.05) is 24.3 Å². The van der Waals surface area contributed by atoms with Gasteiger partial charge >= 0.3 is 0 Å². The van der Waals surface area contributed by atoms with Crippen LogP contribution in [0.1, 0.15) is 18.1 Å². The minimum absolute atomic E-state index is 0.280. The molecule has 0 fully saturated rings. The molecule has 2 rings (SSSR count). The molecule has 2 N–H and O–H groups in total. The molecule has 0 unspecified atom stereocenters. The lowest BCUT2D eigenvalue weighted by molar-refractivity contribution is 0.384. The Bertz CT molecular complexity index is 584. The van der Waals surface area contributed by atoms with Crippen molar-refractivity contribution in [3.05, 3.63) is 59.4 Å². The van der Waals surface area contributed by atoms with E-state index in [1.807, 2.05) is 30.3 Å². The number of nitrogens with two attached hydrogens (primary N) is 1. The number of benzene rings is 2. The van der Waals surface area contributed by atoms with E-state index < -0.39 is 0 Å². The molecule has 0 aromatic heterocycles. The third-order valence-corrected chi connectivity index (χ3v) is 3.54. The first kappa shape index (κ1) is 15.3. The van der Waals surface area contributed by atoms with Gasteiger partial charge in [-0.25, -0.2) is 4.39 Å². The zero-order valence-electron chi connectivity index (χ0n) is 12.5. The van der Waals surface area contributed by atoms with Crippen molar-refractivity contribution < 1.29 is 9.13 Å². The highest BCUT2D eigenvalue weighted by Gasteiger charge is 2.12. The van der Waals surface area contributed by atoms with Crippen LogP contribution in [0.15, 0.2) is 42.5 Å². The number of hydrogen-bond donors (Lipinski definition) is 1. The van der Waals surface area contributed by atoms with Crippen LogP contribution in [0, 0.1) is 5.82 Å². The maximum Gasteiger partial charge on any atom is 0.170 e. The highest BCUT2D eigenvalue weighted by atomic mass is 19.1. The van der Waals surface area contributed by atoms with Crippen LogP contribution >= 0.6 is 0 Å². The minimum Gasteiger partial charge on any atom is -0.494 e. The Labute approximate surface area is 125 Å². The molecule has 0 bridgehead atoms. The highest BCUT2D eigenvalue weighted by molar-refractivity contribution is 5.48. The van der Waals surface area contributed by atoms with Crippen LogP contribution in [0.25, 0.3) is 0 Å². The number of methoxy groups -OCH3 is 1. The SMILES string of the molecule is CCN(Cc1cccc(OC)c1F)c1ccc(CN)cc1. The van der Waals surface area contributed by atoms with Crippen LogP contribution in [0.2, 0.25) is 0 Å². The summed E-state index contributed by atoms with van der Waals surface area (Å²) in [5.74, 6) is -0.0148. The van der Waals surface area contributed by atoms with E-state index in [1.165, 1.54) is 7.11 Å². The molecule has 0 atom stereocenters. The molecule has 3 nitrogen and oxygen atoms in total. The van der Waals surface area contributed by atoms with Gasteiger partial charge in [0, 0.05) is 30.9 Å². The minimum atomic E-state index is -0.294. The summed E-state index contributed by atoms with van der Waals surface area (Å²) >= 11 is 0. The molecule has 2 aromatic rings. The molecule has 0 saturated carbocycles. The van der Waals surface area contributed by atoms with Crippen LogP contribution in [0.4, 0.5) is 10.1 Å². The van der Waals surface area contributed by atoms with E-state index in [9.17, 15) is 4.39 Å². The van der Waals surface area contributed by atoms with Gasteiger partial charge in [-0.05, 0) is 30.7 Å². The predicted octanol–water partition coefficient (Wildman–Crippen LogP) is 3.32. The van der Waals surface area contributed by atoms with E-state index in [1.54, 1.807) is 12.1 Å². The zero-order chi connectivity index (χ0) is 15.2. The fraction of sp³-hybridized carbons (Fsp3) is 0.294. The second-order valence-electron chi connectivity index (χ2n) is 4.82. The Balaban J connectivity index is 2.22. The van der Waals surface area contributed by atoms with E-state index in [0.29, 0.717) is 18.7 Å². The van der Waals surface area contributed by atoms with Gasteiger partial charge in [0.05, 0.1) is 7.11 Å². The lowest BCUT2D eigenvalue weighted by Crippen LogP contribution is -2.22. The Hall–Kier alpha value is -2.07. The molecule has 0 spiro atoms. The summed E-state index contributed by atoms with van der Waals surface area (Å²) in [5.41, 5.74) is 8.37. The molecule has 0 aliphatic rings. The van der Waals surface area contributed by atoms with E-state index >= 15 is 0 Å². The number of rotatable bonds is 6. The first-order valence-corrected chi connectivity index (χ1v) is 7.05. The fourth-order valence-corrected chi connectivity index (χ4v) is 2.27. The van der Waals surface area contributed by atoms with Gasteiger partial charge in [-0.15, -0.1) is 0 Å². The molecule has 112 valence electrons. The van der Waals surface area contributed by atoms with Crippen LogP contribution in [0.3, 0.4) is 0 Å². The second-order valence-corrected chi connectivity index (χ2v) is 4.82. The second kappa shape index (κ2) is 7.09. The molecule has 0 aliphatic heterocycles. The van der Waals surface area contributed by atoms with Crippen LogP contribution < -0.4 is 15.4 Å². The quantitative estimate of drug-likeness (QED) is 0.886. The van der Waals surface area contributed by atoms with Gasteiger partial charge in [0.25, 0.3) is 0 Å². The average molecular weight is 288 g/mol. The summed E-state index contributed by atoms with van der Waals surface area (Å²) in [6.07, 6.45) is 0. The topological polar surface area (TPSA) is 38.5 Å². The smallest absolute Gasteiger partial charge is 0.170 e. The van der Waals surface area contributed by atoms with Crippen molar-refractivity contribution in [3.63, 3.8) is 0 Å². The third kappa shape index (κ3) is 3.52.